The number of anilines is 1. The van der Waals surface area contributed by atoms with Gasteiger partial charge in [-0.2, -0.15) is 0 Å². The molecule has 1 heterocycles. The second-order valence-electron chi connectivity index (χ2n) is 5.31. The molecule has 0 bridgehead atoms. The van der Waals surface area contributed by atoms with Crippen molar-refractivity contribution in [2.75, 3.05) is 31.3 Å². The number of hydrogen-bond acceptors (Lipinski definition) is 7. The van der Waals surface area contributed by atoms with Crippen LogP contribution in [-0.4, -0.2) is 52.4 Å². The van der Waals surface area contributed by atoms with Crippen LogP contribution in [0, 0.1) is 5.92 Å². The lowest BCUT2D eigenvalue weighted by atomic mass is 10.2. The fourth-order valence-electron chi connectivity index (χ4n) is 1.50. The number of hydrogen-bond donors (Lipinski definition) is 0. The smallest absolute Gasteiger partial charge is 0.356 e. The Morgan fingerprint density at radius 2 is 1.87 bits per heavy atom. The molecule has 0 aliphatic carbocycles. The van der Waals surface area contributed by atoms with Crippen molar-refractivity contribution in [3.05, 3.63) is 23.4 Å². The molecule has 9 heteroatoms. The number of methoxy groups -OCH3 is 1. The van der Waals surface area contributed by atoms with E-state index in [-0.39, 0.29) is 29.6 Å². The van der Waals surface area contributed by atoms with Crippen molar-refractivity contribution in [3.63, 3.8) is 0 Å². The fourth-order valence-corrected chi connectivity index (χ4v) is 1.93. The van der Waals surface area contributed by atoms with Crippen LogP contribution >= 0.6 is 0 Å². The first kappa shape index (κ1) is 18.9. The lowest BCUT2D eigenvalue weighted by Crippen LogP contribution is -2.27. The molecule has 8 nitrogen and oxygen atoms in total. The number of carbonyl (C=O) groups is 2. The molecule has 0 spiro atoms. The Balaban J connectivity index is 3.30. The fraction of sp³-hybridized carbons (Fsp3) is 0.500. The van der Waals surface area contributed by atoms with Crippen LogP contribution in [0.2, 0.25) is 0 Å². The molecule has 0 atom stereocenters. The Kier molecular flexibility index (Phi) is 6.08. The number of nitrogens with zero attached hydrogens (tertiary/aromatic N) is 2. The molecule has 0 saturated heterocycles. The third kappa shape index (κ3) is 5.20. The van der Waals surface area contributed by atoms with Crippen LogP contribution in [0.15, 0.2) is 12.1 Å². The Hall–Kier alpha value is -2.16. The predicted molar refractivity (Wildman–Crippen MR) is 83.9 cm³/mol. The van der Waals surface area contributed by atoms with E-state index in [1.165, 1.54) is 19.2 Å². The van der Waals surface area contributed by atoms with Crippen LogP contribution in [0.1, 0.15) is 34.7 Å². The third-order valence-corrected chi connectivity index (χ3v) is 3.99. The van der Waals surface area contributed by atoms with Gasteiger partial charge in [0.15, 0.2) is 5.69 Å². The summed E-state index contributed by atoms with van der Waals surface area (Å²) in [5.74, 6) is -1.40. The first-order chi connectivity index (χ1) is 10.6. The largest absolute Gasteiger partial charge is 0.464 e. The van der Waals surface area contributed by atoms with Crippen molar-refractivity contribution in [3.8, 4) is 0 Å². The van der Waals surface area contributed by atoms with Gasteiger partial charge in [-0.3, -0.25) is 4.31 Å². The zero-order valence-electron chi connectivity index (χ0n) is 13.7. The van der Waals surface area contributed by atoms with E-state index in [0.29, 0.717) is 0 Å². The molecule has 0 aromatic carbocycles. The topological polar surface area (TPSA) is 103 Å². The minimum Gasteiger partial charge on any atom is -0.464 e. The van der Waals surface area contributed by atoms with Crippen molar-refractivity contribution in [2.45, 2.75) is 13.8 Å². The van der Waals surface area contributed by atoms with E-state index in [9.17, 15) is 18.0 Å². The van der Waals surface area contributed by atoms with Crippen LogP contribution in [0.5, 0.6) is 0 Å². The average molecular weight is 344 g/mol. The van der Waals surface area contributed by atoms with E-state index in [0.717, 1.165) is 17.7 Å². The molecule has 0 radical (unpaired) electrons. The van der Waals surface area contributed by atoms with Gasteiger partial charge in [0.05, 0.1) is 25.5 Å². The van der Waals surface area contributed by atoms with E-state index in [1.807, 2.05) is 13.8 Å². The van der Waals surface area contributed by atoms with E-state index in [2.05, 4.69) is 9.72 Å². The van der Waals surface area contributed by atoms with Crippen molar-refractivity contribution in [2.24, 2.45) is 5.92 Å². The Morgan fingerprint density at radius 1 is 1.26 bits per heavy atom. The van der Waals surface area contributed by atoms with Crippen LogP contribution in [0.25, 0.3) is 0 Å². The summed E-state index contributed by atoms with van der Waals surface area (Å²) in [4.78, 5) is 27.7. The molecule has 0 unspecified atom stereocenters. The number of aromatic nitrogens is 1. The third-order valence-electron chi connectivity index (χ3n) is 2.81. The van der Waals surface area contributed by atoms with Gasteiger partial charge in [-0.25, -0.2) is 23.0 Å². The molecule has 0 saturated carbocycles. The summed E-state index contributed by atoms with van der Waals surface area (Å²) in [6, 6.07) is 2.45. The molecule has 1 aromatic heterocycles. The number of pyridine rings is 1. The molecule has 0 fully saturated rings. The Morgan fingerprint density at radius 3 is 2.35 bits per heavy atom. The summed E-state index contributed by atoms with van der Waals surface area (Å²) in [5.41, 5.74) is -0.163. The molecule has 23 heavy (non-hydrogen) atoms. The zero-order valence-corrected chi connectivity index (χ0v) is 14.5. The minimum absolute atomic E-state index is 0.0200. The number of carbonyl (C=O) groups excluding carboxylic acids is 2. The van der Waals surface area contributed by atoms with Gasteiger partial charge in [0.25, 0.3) is 0 Å². The SMILES string of the molecule is COC(=O)c1cc(C(=O)OCC(C)C)cc(N(C)S(C)(=O)=O)n1. The summed E-state index contributed by atoms with van der Waals surface area (Å²) >= 11 is 0. The number of ether oxygens (including phenoxy) is 2. The minimum atomic E-state index is -3.61. The van der Waals surface area contributed by atoms with Gasteiger partial charge in [0.2, 0.25) is 10.0 Å². The molecule has 0 amide bonds. The van der Waals surface area contributed by atoms with E-state index < -0.39 is 22.0 Å². The summed E-state index contributed by atoms with van der Waals surface area (Å²) in [7, 11) is -1.18. The van der Waals surface area contributed by atoms with Gasteiger partial charge < -0.3 is 9.47 Å². The van der Waals surface area contributed by atoms with E-state index >= 15 is 0 Å². The van der Waals surface area contributed by atoms with Crippen LogP contribution in [0.3, 0.4) is 0 Å². The maximum atomic E-state index is 12.1. The highest BCUT2D eigenvalue weighted by atomic mass is 32.2. The normalized spacial score (nSPS) is 11.2. The van der Waals surface area contributed by atoms with Gasteiger partial charge in [0, 0.05) is 7.05 Å². The summed E-state index contributed by atoms with van der Waals surface area (Å²) in [6.45, 7) is 3.96. The molecular formula is C14H20N2O6S. The first-order valence-corrected chi connectivity index (χ1v) is 8.62. The zero-order chi connectivity index (χ0) is 17.8. The van der Waals surface area contributed by atoms with Crippen LogP contribution < -0.4 is 4.31 Å². The van der Waals surface area contributed by atoms with Crippen molar-refractivity contribution < 1.29 is 27.5 Å². The quantitative estimate of drug-likeness (QED) is 0.711. The molecular weight excluding hydrogens is 324 g/mol. The number of sulfonamides is 1. The average Bonchev–Trinajstić information content (AvgIpc) is 2.49. The number of rotatable bonds is 6. The highest BCUT2D eigenvalue weighted by Gasteiger charge is 2.21. The van der Waals surface area contributed by atoms with Gasteiger partial charge in [-0.05, 0) is 18.1 Å². The monoisotopic (exact) mass is 344 g/mol. The van der Waals surface area contributed by atoms with E-state index in [1.54, 1.807) is 0 Å². The second-order valence-corrected chi connectivity index (χ2v) is 7.33. The van der Waals surface area contributed by atoms with Gasteiger partial charge >= 0.3 is 11.9 Å². The van der Waals surface area contributed by atoms with Gasteiger partial charge in [-0.15, -0.1) is 0 Å². The molecule has 128 valence electrons. The highest BCUT2D eigenvalue weighted by molar-refractivity contribution is 7.92. The number of esters is 2. The maximum absolute atomic E-state index is 12.1. The van der Waals surface area contributed by atoms with Crippen molar-refractivity contribution in [1.29, 1.82) is 0 Å². The van der Waals surface area contributed by atoms with E-state index in [4.69, 9.17) is 4.74 Å². The maximum Gasteiger partial charge on any atom is 0.356 e. The standard InChI is InChI=1S/C14H20N2O6S/c1-9(2)8-22-13(17)10-6-11(14(18)21-4)15-12(7-10)16(3)23(5,19)20/h6-7,9H,8H2,1-5H3. The van der Waals surface area contributed by atoms with Gasteiger partial charge in [0.1, 0.15) is 5.82 Å². The molecule has 1 aromatic rings. The summed E-state index contributed by atoms with van der Waals surface area (Å²) < 4.78 is 33.8. The lowest BCUT2D eigenvalue weighted by molar-refractivity contribution is 0.0458. The molecule has 1 rings (SSSR count). The second kappa shape index (κ2) is 7.40. The Labute approximate surface area is 135 Å². The van der Waals surface area contributed by atoms with Crippen molar-refractivity contribution in [1.82, 2.24) is 4.98 Å². The first-order valence-electron chi connectivity index (χ1n) is 6.77. The summed E-state index contributed by atoms with van der Waals surface area (Å²) in [6.07, 6.45) is 0.982. The molecule has 0 aliphatic rings. The van der Waals surface area contributed by atoms with Gasteiger partial charge in [-0.1, -0.05) is 13.8 Å². The predicted octanol–water partition coefficient (Wildman–Crippen LogP) is 1.08. The van der Waals surface area contributed by atoms with Crippen molar-refractivity contribution >= 4 is 27.8 Å². The van der Waals surface area contributed by atoms with Crippen LogP contribution in [0.4, 0.5) is 5.82 Å². The Bertz CT molecular complexity index is 699. The highest BCUT2D eigenvalue weighted by Crippen LogP contribution is 2.18. The summed E-state index contributed by atoms with van der Waals surface area (Å²) in [5, 5.41) is 0. The molecule has 0 N–H and O–H groups in total. The molecule has 0 aliphatic heterocycles. The van der Waals surface area contributed by atoms with Crippen LogP contribution in [-0.2, 0) is 19.5 Å². The lowest BCUT2D eigenvalue weighted by Gasteiger charge is -2.17.